The van der Waals surface area contributed by atoms with E-state index < -0.39 is 0 Å². The van der Waals surface area contributed by atoms with Gasteiger partial charge in [-0.05, 0) is 41.7 Å². The minimum Gasteiger partial charge on any atom is -0.493 e. The van der Waals surface area contributed by atoms with Crippen LogP contribution in [0, 0.1) is 11.3 Å². The van der Waals surface area contributed by atoms with E-state index in [1.54, 1.807) is 0 Å². The van der Waals surface area contributed by atoms with Gasteiger partial charge in [0.1, 0.15) is 5.75 Å². The average Bonchev–Trinajstić information content (AvgIpc) is 2.37. The molecule has 1 aromatic carbocycles. The molecule has 2 heteroatoms. The first-order valence-electron chi connectivity index (χ1n) is 7.30. The first-order valence-corrected chi connectivity index (χ1v) is 7.93. The van der Waals surface area contributed by atoms with Crippen molar-refractivity contribution in [1.82, 2.24) is 0 Å². The third-order valence-electron chi connectivity index (χ3n) is 3.64. The molecule has 1 aromatic rings. The second-order valence-electron chi connectivity index (χ2n) is 6.30. The molecule has 0 saturated heterocycles. The first-order chi connectivity index (χ1) is 8.97. The van der Waals surface area contributed by atoms with Crippen molar-refractivity contribution in [3.63, 3.8) is 0 Å². The average molecular weight is 280 g/mol. The molecule has 0 radical (unpaired) electrons. The largest absolute Gasteiger partial charge is 0.493 e. The Morgan fingerprint density at radius 2 is 1.79 bits per heavy atom. The number of benzene rings is 1. The monoisotopic (exact) mass is 280 g/mol. The highest BCUT2D eigenvalue weighted by atomic mass is 32.1. The van der Waals surface area contributed by atoms with Crippen LogP contribution in [-0.2, 0) is 6.42 Å². The second kappa shape index (κ2) is 7.84. The Bertz CT molecular complexity index is 351. The second-order valence-corrected chi connectivity index (χ2v) is 6.67. The highest BCUT2D eigenvalue weighted by molar-refractivity contribution is 7.80. The Morgan fingerprint density at radius 1 is 1.16 bits per heavy atom. The highest BCUT2D eigenvalue weighted by Crippen LogP contribution is 2.27. The summed E-state index contributed by atoms with van der Waals surface area (Å²) in [6, 6.07) is 8.53. The van der Waals surface area contributed by atoms with E-state index in [1.807, 2.05) is 0 Å². The zero-order chi connectivity index (χ0) is 14.3. The third kappa shape index (κ3) is 5.90. The molecule has 0 saturated carbocycles. The van der Waals surface area contributed by atoms with Crippen molar-refractivity contribution in [2.45, 2.75) is 47.0 Å². The summed E-state index contributed by atoms with van der Waals surface area (Å²) in [7, 11) is 0. The van der Waals surface area contributed by atoms with E-state index in [9.17, 15) is 0 Å². The Morgan fingerprint density at radius 3 is 2.26 bits per heavy atom. The Labute approximate surface area is 124 Å². The molecule has 0 spiro atoms. The Balaban J connectivity index is 2.49. The number of rotatable bonds is 7. The van der Waals surface area contributed by atoms with E-state index >= 15 is 0 Å². The number of hydrogen-bond donors (Lipinski definition) is 1. The Hall–Kier alpha value is -0.630. The topological polar surface area (TPSA) is 9.23 Å². The summed E-state index contributed by atoms with van der Waals surface area (Å²) < 4.78 is 5.90. The van der Waals surface area contributed by atoms with E-state index in [4.69, 9.17) is 4.74 Å². The van der Waals surface area contributed by atoms with Gasteiger partial charge >= 0.3 is 0 Å². The number of hydrogen-bond acceptors (Lipinski definition) is 2. The predicted octanol–water partition coefficient (Wildman–Crippen LogP) is 5.00. The normalized spacial score (nSPS) is 13.3. The molecule has 108 valence electrons. The molecule has 0 heterocycles. The summed E-state index contributed by atoms with van der Waals surface area (Å²) in [5, 5.41) is 0. The fraction of sp³-hybridized carbons (Fsp3) is 0.647. The van der Waals surface area contributed by atoms with E-state index in [-0.39, 0.29) is 5.41 Å². The quantitative estimate of drug-likeness (QED) is 0.691. The standard InChI is InChI=1S/C17H28OS/c1-5-6-7-14-8-10-16(11-9-14)18-12-15(13-19)17(2,3)4/h8-11,15,19H,5-7,12-13H2,1-4H3. The Kier molecular flexibility index (Phi) is 6.78. The summed E-state index contributed by atoms with van der Waals surface area (Å²) >= 11 is 4.43. The molecule has 1 unspecified atom stereocenters. The van der Waals surface area contributed by atoms with Crippen LogP contribution >= 0.6 is 12.6 Å². The van der Waals surface area contributed by atoms with Gasteiger partial charge in [-0.25, -0.2) is 0 Å². The number of aryl methyl sites for hydroxylation is 1. The SMILES string of the molecule is CCCCc1ccc(OCC(CS)C(C)(C)C)cc1. The minimum absolute atomic E-state index is 0.239. The molecule has 0 aliphatic rings. The molecule has 0 N–H and O–H groups in total. The lowest BCUT2D eigenvalue weighted by atomic mass is 9.82. The van der Waals surface area contributed by atoms with Gasteiger partial charge in [-0.2, -0.15) is 12.6 Å². The van der Waals surface area contributed by atoms with Crippen molar-refractivity contribution in [2.75, 3.05) is 12.4 Å². The van der Waals surface area contributed by atoms with Crippen molar-refractivity contribution in [2.24, 2.45) is 11.3 Å². The molecule has 1 rings (SSSR count). The van der Waals surface area contributed by atoms with Crippen molar-refractivity contribution >= 4 is 12.6 Å². The van der Waals surface area contributed by atoms with Crippen molar-refractivity contribution in [1.29, 1.82) is 0 Å². The van der Waals surface area contributed by atoms with Crippen LogP contribution in [0.4, 0.5) is 0 Å². The molecule has 19 heavy (non-hydrogen) atoms. The van der Waals surface area contributed by atoms with Gasteiger partial charge < -0.3 is 4.74 Å². The van der Waals surface area contributed by atoms with Gasteiger partial charge in [-0.15, -0.1) is 0 Å². The first kappa shape index (κ1) is 16.4. The zero-order valence-electron chi connectivity index (χ0n) is 12.8. The lowest BCUT2D eigenvalue weighted by Gasteiger charge is -2.29. The lowest BCUT2D eigenvalue weighted by molar-refractivity contribution is 0.165. The molecule has 1 atom stereocenters. The van der Waals surface area contributed by atoms with Crippen LogP contribution in [0.25, 0.3) is 0 Å². The number of ether oxygens (including phenoxy) is 1. The maximum absolute atomic E-state index is 5.90. The van der Waals surface area contributed by atoms with Gasteiger partial charge in [-0.1, -0.05) is 46.2 Å². The van der Waals surface area contributed by atoms with E-state index in [0.29, 0.717) is 5.92 Å². The van der Waals surface area contributed by atoms with Crippen molar-refractivity contribution in [3.8, 4) is 5.75 Å². The third-order valence-corrected chi connectivity index (χ3v) is 4.08. The molecule has 0 aromatic heterocycles. The van der Waals surface area contributed by atoms with Crippen LogP contribution < -0.4 is 4.74 Å². The van der Waals surface area contributed by atoms with Gasteiger partial charge in [0.2, 0.25) is 0 Å². The van der Waals surface area contributed by atoms with Crippen LogP contribution in [0.2, 0.25) is 0 Å². The summed E-state index contributed by atoms with van der Waals surface area (Å²) in [6.45, 7) is 9.68. The molecule has 0 aliphatic heterocycles. The van der Waals surface area contributed by atoms with Crippen LogP contribution in [0.5, 0.6) is 5.75 Å². The van der Waals surface area contributed by atoms with Gasteiger partial charge in [0.05, 0.1) is 6.61 Å². The fourth-order valence-electron chi connectivity index (χ4n) is 1.91. The maximum Gasteiger partial charge on any atom is 0.119 e. The molecule has 0 fully saturated rings. The molecular weight excluding hydrogens is 252 g/mol. The predicted molar refractivity (Wildman–Crippen MR) is 87.3 cm³/mol. The molecule has 0 bridgehead atoms. The fourth-order valence-corrected chi connectivity index (χ4v) is 2.56. The molecule has 1 nitrogen and oxygen atoms in total. The maximum atomic E-state index is 5.90. The van der Waals surface area contributed by atoms with Gasteiger partial charge in [0, 0.05) is 5.92 Å². The smallest absolute Gasteiger partial charge is 0.119 e. The van der Waals surface area contributed by atoms with Crippen LogP contribution in [0.1, 0.15) is 46.1 Å². The van der Waals surface area contributed by atoms with E-state index in [2.05, 4.69) is 64.6 Å². The van der Waals surface area contributed by atoms with E-state index in [0.717, 1.165) is 24.5 Å². The number of thiol groups is 1. The van der Waals surface area contributed by atoms with Gasteiger partial charge in [0.25, 0.3) is 0 Å². The van der Waals surface area contributed by atoms with Crippen LogP contribution in [0.3, 0.4) is 0 Å². The summed E-state index contributed by atoms with van der Waals surface area (Å²) in [4.78, 5) is 0. The summed E-state index contributed by atoms with van der Waals surface area (Å²) in [5.41, 5.74) is 1.64. The van der Waals surface area contributed by atoms with Crippen LogP contribution in [-0.4, -0.2) is 12.4 Å². The van der Waals surface area contributed by atoms with Gasteiger partial charge in [0.15, 0.2) is 0 Å². The van der Waals surface area contributed by atoms with E-state index in [1.165, 1.54) is 18.4 Å². The molecular formula is C17H28OS. The highest BCUT2D eigenvalue weighted by Gasteiger charge is 2.23. The summed E-state index contributed by atoms with van der Waals surface area (Å²) in [5.74, 6) is 2.30. The van der Waals surface area contributed by atoms with Crippen LogP contribution in [0.15, 0.2) is 24.3 Å². The minimum atomic E-state index is 0.239. The number of unbranched alkanes of at least 4 members (excludes halogenated alkanes) is 1. The molecule has 0 amide bonds. The van der Waals surface area contributed by atoms with Crippen molar-refractivity contribution in [3.05, 3.63) is 29.8 Å². The summed E-state index contributed by atoms with van der Waals surface area (Å²) in [6.07, 6.45) is 3.66. The lowest BCUT2D eigenvalue weighted by Crippen LogP contribution is -2.28. The zero-order valence-corrected chi connectivity index (χ0v) is 13.7. The van der Waals surface area contributed by atoms with Crippen molar-refractivity contribution < 1.29 is 4.74 Å². The van der Waals surface area contributed by atoms with Gasteiger partial charge in [-0.3, -0.25) is 0 Å². The molecule has 0 aliphatic carbocycles.